The third kappa shape index (κ3) is 2.53. The van der Waals surface area contributed by atoms with Crippen LogP contribution in [-0.2, 0) is 4.84 Å². The van der Waals surface area contributed by atoms with Crippen molar-refractivity contribution in [2.75, 3.05) is 7.11 Å². The second-order valence-corrected chi connectivity index (χ2v) is 5.08. The lowest BCUT2D eigenvalue weighted by Crippen LogP contribution is -2.32. The van der Waals surface area contributed by atoms with Crippen LogP contribution in [0.25, 0.3) is 0 Å². The van der Waals surface area contributed by atoms with Crippen molar-refractivity contribution < 1.29 is 24.0 Å². The number of ether oxygens (including phenoxy) is 1. The molecule has 0 saturated heterocycles. The number of nitrogens with zero attached hydrogens (tertiary/aromatic N) is 1. The third-order valence-electron chi connectivity index (χ3n) is 3.33. The maximum absolute atomic E-state index is 12.2. The maximum Gasteiger partial charge on any atom is 0.365 e. The highest BCUT2D eigenvalue weighted by Gasteiger charge is 2.39. The van der Waals surface area contributed by atoms with Gasteiger partial charge in [0.25, 0.3) is 11.8 Å². The first kappa shape index (κ1) is 15.1. The summed E-state index contributed by atoms with van der Waals surface area (Å²) in [5.41, 5.74) is 0.390. The van der Waals surface area contributed by atoms with E-state index in [0.717, 1.165) is 0 Å². The van der Waals surface area contributed by atoms with E-state index < -0.39 is 17.8 Å². The van der Waals surface area contributed by atoms with E-state index in [-0.39, 0.29) is 21.7 Å². The van der Waals surface area contributed by atoms with Crippen molar-refractivity contribution in [3.05, 3.63) is 64.2 Å². The second kappa shape index (κ2) is 5.73. The van der Waals surface area contributed by atoms with Gasteiger partial charge in [0, 0.05) is 0 Å². The monoisotopic (exact) mass is 331 g/mol. The van der Waals surface area contributed by atoms with E-state index in [9.17, 15) is 14.4 Å². The molecule has 0 aromatic heterocycles. The van der Waals surface area contributed by atoms with Gasteiger partial charge >= 0.3 is 5.97 Å². The van der Waals surface area contributed by atoms with E-state index in [2.05, 4.69) is 0 Å². The van der Waals surface area contributed by atoms with Crippen LogP contribution in [0.3, 0.4) is 0 Å². The summed E-state index contributed by atoms with van der Waals surface area (Å²) in [6.07, 6.45) is 0. The van der Waals surface area contributed by atoms with Crippen molar-refractivity contribution in [3.63, 3.8) is 0 Å². The zero-order valence-electron chi connectivity index (χ0n) is 11.9. The van der Waals surface area contributed by atoms with Crippen LogP contribution < -0.4 is 4.74 Å². The van der Waals surface area contributed by atoms with Crippen LogP contribution >= 0.6 is 11.6 Å². The number of hydrogen-bond acceptors (Lipinski definition) is 5. The van der Waals surface area contributed by atoms with Gasteiger partial charge in [-0.05, 0) is 30.3 Å². The van der Waals surface area contributed by atoms with E-state index in [1.807, 2.05) is 0 Å². The highest BCUT2D eigenvalue weighted by Crippen LogP contribution is 2.26. The minimum Gasteiger partial charge on any atom is -0.497 e. The van der Waals surface area contributed by atoms with Crippen molar-refractivity contribution in [2.24, 2.45) is 0 Å². The molecule has 0 radical (unpaired) electrons. The molecule has 0 saturated carbocycles. The molecular weight excluding hydrogens is 322 g/mol. The Hall–Kier alpha value is -2.86. The van der Waals surface area contributed by atoms with E-state index in [0.29, 0.717) is 10.8 Å². The van der Waals surface area contributed by atoms with E-state index >= 15 is 0 Å². The molecule has 116 valence electrons. The summed E-state index contributed by atoms with van der Waals surface area (Å²) < 4.78 is 4.98. The molecule has 0 spiro atoms. The van der Waals surface area contributed by atoms with Crippen LogP contribution in [-0.4, -0.2) is 30.0 Å². The van der Waals surface area contributed by atoms with Gasteiger partial charge in [0.2, 0.25) is 0 Å². The van der Waals surface area contributed by atoms with Gasteiger partial charge in [-0.25, -0.2) is 4.79 Å². The van der Waals surface area contributed by atoms with Gasteiger partial charge in [-0.2, -0.15) is 0 Å². The lowest BCUT2D eigenvalue weighted by Gasteiger charge is -2.13. The number of methoxy groups -OCH3 is 1. The number of benzene rings is 2. The summed E-state index contributed by atoms with van der Waals surface area (Å²) >= 11 is 5.98. The van der Waals surface area contributed by atoms with Crippen LogP contribution in [0.1, 0.15) is 31.1 Å². The summed E-state index contributed by atoms with van der Waals surface area (Å²) in [5, 5.41) is 0.527. The maximum atomic E-state index is 12.2. The van der Waals surface area contributed by atoms with Gasteiger partial charge in [-0.15, -0.1) is 0 Å². The molecule has 1 aliphatic rings. The Kier molecular flexibility index (Phi) is 3.75. The van der Waals surface area contributed by atoms with Gasteiger partial charge in [-0.1, -0.05) is 28.8 Å². The third-order valence-corrected chi connectivity index (χ3v) is 3.64. The Labute approximate surface area is 136 Å². The lowest BCUT2D eigenvalue weighted by atomic mass is 10.1. The first-order valence-electron chi connectivity index (χ1n) is 6.56. The minimum atomic E-state index is -0.910. The summed E-state index contributed by atoms with van der Waals surface area (Å²) in [4.78, 5) is 41.4. The number of carbonyl (C=O) groups is 3. The van der Waals surface area contributed by atoms with Gasteiger partial charge < -0.3 is 9.57 Å². The van der Waals surface area contributed by atoms with E-state index in [4.69, 9.17) is 21.2 Å². The highest BCUT2D eigenvalue weighted by atomic mass is 35.5. The molecule has 23 heavy (non-hydrogen) atoms. The van der Waals surface area contributed by atoms with Gasteiger partial charge in [0.15, 0.2) is 0 Å². The van der Waals surface area contributed by atoms with E-state index in [1.165, 1.54) is 37.4 Å². The van der Waals surface area contributed by atoms with Crippen LogP contribution in [0.2, 0.25) is 5.02 Å². The number of rotatable bonds is 3. The fourth-order valence-electron chi connectivity index (χ4n) is 2.17. The van der Waals surface area contributed by atoms with Gasteiger partial charge in [-0.3, -0.25) is 9.59 Å². The molecule has 0 N–H and O–H groups in total. The number of hydrogen-bond donors (Lipinski definition) is 0. The Morgan fingerprint density at radius 2 is 1.65 bits per heavy atom. The van der Waals surface area contributed by atoms with Crippen molar-refractivity contribution in [1.29, 1.82) is 0 Å². The number of imide groups is 1. The molecule has 2 aromatic carbocycles. The fourth-order valence-corrected chi connectivity index (χ4v) is 2.42. The van der Waals surface area contributed by atoms with Crippen LogP contribution in [0.4, 0.5) is 0 Å². The summed E-state index contributed by atoms with van der Waals surface area (Å²) in [6.45, 7) is 0. The zero-order chi connectivity index (χ0) is 16.6. The number of amides is 2. The Bertz CT molecular complexity index is 798. The highest BCUT2D eigenvalue weighted by molar-refractivity contribution is 6.33. The normalized spacial score (nSPS) is 13.0. The lowest BCUT2D eigenvalue weighted by molar-refractivity contribution is -0.0584. The molecule has 7 heteroatoms. The number of halogens is 1. The predicted octanol–water partition coefficient (Wildman–Crippen LogP) is 2.72. The molecule has 1 aliphatic heterocycles. The Morgan fingerprint density at radius 3 is 2.17 bits per heavy atom. The molecule has 0 fully saturated rings. The first-order valence-corrected chi connectivity index (χ1v) is 6.94. The molecule has 2 amide bonds. The summed E-state index contributed by atoms with van der Waals surface area (Å²) in [7, 11) is 1.46. The minimum absolute atomic E-state index is 0.0176. The first-order chi connectivity index (χ1) is 11.0. The standard InChI is InChI=1S/C16H10ClNO5/c1-22-9-6-7-12(13(17)8-9)16(21)23-18-14(19)10-4-2-3-5-11(10)15(18)20/h2-8H,1H3. The summed E-state index contributed by atoms with van der Waals surface area (Å²) in [6, 6.07) is 10.6. The molecule has 0 bridgehead atoms. The second-order valence-electron chi connectivity index (χ2n) is 4.67. The number of fused-ring (bicyclic) bond motifs is 1. The van der Waals surface area contributed by atoms with Crippen LogP contribution in [0.5, 0.6) is 5.75 Å². The van der Waals surface area contributed by atoms with Crippen molar-refractivity contribution in [2.45, 2.75) is 0 Å². The van der Waals surface area contributed by atoms with Crippen LogP contribution in [0.15, 0.2) is 42.5 Å². The largest absolute Gasteiger partial charge is 0.497 e. The van der Waals surface area contributed by atoms with Gasteiger partial charge in [0.1, 0.15) is 5.75 Å². The molecular formula is C16H10ClNO5. The topological polar surface area (TPSA) is 72.9 Å². The quantitative estimate of drug-likeness (QED) is 0.808. The van der Waals surface area contributed by atoms with E-state index in [1.54, 1.807) is 12.1 Å². The fraction of sp³-hybridized carbons (Fsp3) is 0.0625. The summed E-state index contributed by atoms with van der Waals surface area (Å²) in [5.74, 6) is -1.83. The molecule has 3 rings (SSSR count). The van der Waals surface area contributed by atoms with Crippen molar-refractivity contribution >= 4 is 29.4 Å². The average molecular weight is 332 g/mol. The Balaban J connectivity index is 1.85. The number of carbonyl (C=O) groups excluding carboxylic acids is 3. The molecule has 2 aromatic rings. The molecule has 6 nitrogen and oxygen atoms in total. The smallest absolute Gasteiger partial charge is 0.365 e. The van der Waals surface area contributed by atoms with Crippen LogP contribution in [0, 0.1) is 0 Å². The molecule has 0 aliphatic carbocycles. The number of hydroxylamine groups is 2. The van der Waals surface area contributed by atoms with Crippen molar-refractivity contribution in [3.8, 4) is 5.75 Å². The molecule has 0 unspecified atom stereocenters. The Morgan fingerprint density at radius 1 is 1.04 bits per heavy atom. The average Bonchev–Trinajstić information content (AvgIpc) is 2.80. The SMILES string of the molecule is COc1ccc(C(=O)ON2C(=O)c3ccccc3C2=O)c(Cl)c1. The van der Waals surface area contributed by atoms with Gasteiger partial charge in [0.05, 0.1) is 28.8 Å². The van der Waals surface area contributed by atoms with Crippen molar-refractivity contribution in [1.82, 2.24) is 5.06 Å². The molecule has 1 heterocycles. The predicted molar refractivity (Wildman–Crippen MR) is 80.4 cm³/mol. The molecule has 0 atom stereocenters. The zero-order valence-corrected chi connectivity index (χ0v) is 12.7.